The molecule has 0 atom stereocenters. The first kappa shape index (κ1) is 23.1. The zero-order chi connectivity index (χ0) is 20.4. The Morgan fingerprint density at radius 1 is 1.11 bits per heavy atom. The summed E-state index contributed by atoms with van der Waals surface area (Å²) in [6, 6.07) is 5.83. The molecule has 27 heavy (non-hydrogen) atoms. The second-order valence-electron chi connectivity index (χ2n) is 5.64. The molecule has 0 spiro atoms. The number of benzene rings is 1. The van der Waals surface area contributed by atoms with Gasteiger partial charge in [0.15, 0.2) is 0 Å². The number of rotatable bonds is 11. The minimum absolute atomic E-state index is 0.0416. The lowest BCUT2D eigenvalue weighted by Crippen LogP contribution is -2.39. The van der Waals surface area contributed by atoms with Crippen LogP contribution in [0.3, 0.4) is 0 Å². The number of methoxy groups -OCH3 is 1. The number of sulfonamides is 1. The summed E-state index contributed by atoms with van der Waals surface area (Å²) in [7, 11) is -2.19. The highest BCUT2D eigenvalue weighted by molar-refractivity contribution is 7.89. The molecule has 1 amide bonds. The SMILES string of the molecule is CCOC(=O)CN(CCOC)C(=O)c1cccc(S(=O)(=O)N(CC)CC)c1. The van der Waals surface area contributed by atoms with E-state index in [9.17, 15) is 18.0 Å². The van der Waals surface area contributed by atoms with Gasteiger partial charge in [0.25, 0.3) is 5.91 Å². The molecule has 0 heterocycles. The molecule has 0 aliphatic heterocycles. The second-order valence-corrected chi connectivity index (χ2v) is 7.58. The van der Waals surface area contributed by atoms with Gasteiger partial charge >= 0.3 is 5.97 Å². The highest BCUT2D eigenvalue weighted by atomic mass is 32.2. The highest BCUT2D eigenvalue weighted by Crippen LogP contribution is 2.18. The van der Waals surface area contributed by atoms with Gasteiger partial charge in [-0.25, -0.2) is 8.42 Å². The van der Waals surface area contributed by atoms with Crippen LogP contribution in [0.5, 0.6) is 0 Å². The van der Waals surface area contributed by atoms with Crippen molar-refractivity contribution in [2.45, 2.75) is 25.7 Å². The number of esters is 1. The fourth-order valence-electron chi connectivity index (χ4n) is 2.50. The third-order valence-electron chi connectivity index (χ3n) is 3.90. The van der Waals surface area contributed by atoms with Crippen molar-refractivity contribution in [3.8, 4) is 0 Å². The van der Waals surface area contributed by atoms with Crippen LogP contribution in [0.2, 0.25) is 0 Å². The van der Waals surface area contributed by atoms with Gasteiger partial charge in [0.2, 0.25) is 10.0 Å². The van der Waals surface area contributed by atoms with Crippen molar-refractivity contribution in [3.63, 3.8) is 0 Å². The Hall–Kier alpha value is -1.97. The number of hydrogen-bond acceptors (Lipinski definition) is 6. The molecule has 0 aliphatic rings. The third-order valence-corrected chi connectivity index (χ3v) is 5.95. The molecular formula is C18H28N2O6S. The van der Waals surface area contributed by atoms with Crippen molar-refractivity contribution < 1.29 is 27.5 Å². The van der Waals surface area contributed by atoms with Crippen molar-refractivity contribution in [1.29, 1.82) is 0 Å². The largest absolute Gasteiger partial charge is 0.465 e. The van der Waals surface area contributed by atoms with E-state index in [1.165, 1.54) is 40.6 Å². The molecular weight excluding hydrogens is 372 g/mol. The van der Waals surface area contributed by atoms with Crippen LogP contribution < -0.4 is 0 Å². The Bertz CT molecular complexity index is 731. The van der Waals surface area contributed by atoms with Crippen molar-refractivity contribution in [3.05, 3.63) is 29.8 Å². The van der Waals surface area contributed by atoms with Crippen LogP contribution in [0.25, 0.3) is 0 Å². The zero-order valence-electron chi connectivity index (χ0n) is 16.3. The van der Waals surface area contributed by atoms with E-state index in [4.69, 9.17) is 9.47 Å². The summed E-state index contributed by atoms with van der Waals surface area (Å²) in [6.45, 7) is 6.25. The van der Waals surface area contributed by atoms with Crippen LogP contribution >= 0.6 is 0 Å². The van der Waals surface area contributed by atoms with Gasteiger partial charge in [0.05, 0.1) is 18.1 Å². The first-order chi connectivity index (χ1) is 12.8. The Labute approximate surface area is 161 Å². The standard InChI is InChI=1S/C18H28N2O6S/c1-5-20(6-2)27(23,24)16-10-8-9-15(13-16)18(22)19(11-12-25-4)14-17(21)26-7-3/h8-10,13H,5-7,11-12,14H2,1-4H3. The second kappa shape index (κ2) is 11.0. The molecule has 0 unspecified atom stereocenters. The molecule has 1 rings (SSSR count). The average Bonchev–Trinajstić information content (AvgIpc) is 2.65. The number of ether oxygens (including phenoxy) is 2. The molecule has 0 saturated carbocycles. The van der Waals surface area contributed by atoms with E-state index in [-0.39, 0.29) is 36.8 Å². The summed E-state index contributed by atoms with van der Waals surface area (Å²) in [5.74, 6) is -0.995. The minimum Gasteiger partial charge on any atom is -0.465 e. The first-order valence-electron chi connectivity index (χ1n) is 8.85. The molecule has 0 fully saturated rings. The van der Waals surface area contributed by atoms with Crippen LogP contribution in [0.15, 0.2) is 29.2 Å². The fraction of sp³-hybridized carbons (Fsp3) is 0.556. The van der Waals surface area contributed by atoms with Gasteiger partial charge in [0, 0.05) is 32.3 Å². The number of nitrogens with zero attached hydrogens (tertiary/aromatic N) is 2. The molecule has 1 aromatic carbocycles. The highest BCUT2D eigenvalue weighted by Gasteiger charge is 2.24. The minimum atomic E-state index is -3.69. The quantitative estimate of drug-likeness (QED) is 0.521. The monoisotopic (exact) mass is 400 g/mol. The molecule has 1 aromatic rings. The Kier molecular flexibility index (Phi) is 9.40. The smallest absolute Gasteiger partial charge is 0.325 e. The van der Waals surface area contributed by atoms with Crippen LogP contribution in [0, 0.1) is 0 Å². The fourth-order valence-corrected chi connectivity index (χ4v) is 4.01. The summed E-state index contributed by atoms with van der Waals surface area (Å²) >= 11 is 0. The van der Waals surface area contributed by atoms with Crippen LogP contribution in [-0.2, 0) is 24.3 Å². The Morgan fingerprint density at radius 2 is 1.78 bits per heavy atom. The maximum absolute atomic E-state index is 12.8. The van der Waals surface area contributed by atoms with Crippen molar-refractivity contribution in [1.82, 2.24) is 9.21 Å². The summed E-state index contributed by atoms with van der Waals surface area (Å²) in [6.07, 6.45) is 0. The van der Waals surface area contributed by atoms with E-state index in [2.05, 4.69) is 0 Å². The van der Waals surface area contributed by atoms with Gasteiger partial charge in [-0.1, -0.05) is 19.9 Å². The van der Waals surface area contributed by atoms with Crippen molar-refractivity contribution >= 4 is 21.9 Å². The summed E-state index contributed by atoms with van der Waals surface area (Å²) < 4.78 is 36.6. The van der Waals surface area contributed by atoms with Gasteiger partial charge < -0.3 is 14.4 Å². The first-order valence-corrected chi connectivity index (χ1v) is 10.3. The molecule has 0 aromatic heterocycles. The molecule has 0 aliphatic carbocycles. The molecule has 8 nitrogen and oxygen atoms in total. The third kappa shape index (κ3) is 6.30. The van der Waals surface area contributed by atoms with E-state index in [1.54, 1.807) is 20.8 Å². The lowest BCUT2D eigenvalue weighted by molar-refractivity contribution is -0.143. The molecule has 152 valence electrons. The van der Waals surface area contributed by atoms with E-state index < -0.39 is 21.9 Å². The number of carbonyl (C=O) groups is 2. The lowest BCUT2D eigenvalue weighted by Gasteiger charge is -2.22. The van der Waals surface area contributed by atoms with Gasteiger partial charge in [-0.05, 0) is 25.1 Å². The number of hydrogen-bond donors (Lipinski definition) is 0. The topological polar surface area (TPSA) is 93.2 Å². The Morgan fingerprint density at radius 3 is 2.33 bits per heavy atom. The molecule has 0 bridgehead atoms. The summed E-state index contributed by atoms with van der Waals surface area (Å²) in [5.41, 5.74) is 0.184. The van der Waals surface area contributed by atoms with E-state index in [0.717, 1.165) is 0 Å². The van der Waals surface area contributed by atoms with Crippen molar-refractivity contribution in [2.24, 2.45) is 0 Å². The number of amides is 1. The Balaban J connectivity index is 3.14. The van der Waals surface area contributed by atoms with Crippen LogP contribution in [0.4, 0.5) is 0 Å². The predicted molar refractivity (Wildman–Crippen MR) is 101 cm³/mol. The van der Waals surface area contributed by atoms with Crippen LogP contribution in [0.1, 0.15) is 31.1 Å². The maximum Gasteiger partial charge on any atom is 0.325 e. The number of carbonyl (C=O) groups excluding carboxylic acids is 2. The van der Waals surface area contributed by atoms with Crippen molar-refractivity contribution in [2.75, 3.05) is 46.5 Å². The molecule has 0 radical (unpaired) electrons. The van der Waals surface area contributed by atoms with Gasteiger partial charge in [-0.2, -0.15) is 4.31 Å². The lowest BCUT2D eigenvalue weighted by atomic mass is 10.2. The van der Waals surface area contributed by atoms with Gasteiger partial charge in [0.1, 0.15) is 6.54 Å². The summed E-state index contributed by atoms with van der Waals surface area (Å²) in [5, 5.41) is 0. The van der Waals surface area contributed by atoms with Crippen LogP contribution in [-0.4, -0.2) is 76.0 Å². The summed E-state index contributed by atoms with van der Waals surface area (Å²) in [4.78, 5) is 25.9. The predicted octanol–water partition coefficient (Wildman–Crippen LogP) is 1.37. The zero-order valence-corrected chi connectivity index (χ0v) is 17.1. The maximum atomic E-state index is 12.8. The van der Waals surface area contributed by atoms with E-state index in [0.29, 0.717) is 13.1 Å². The average molecular weight is 400 g/mol. The normalized spacial score (nSPS) is 11.4. The molecule has 0 N–H and O–H groups in total. The molecule has 0 saturated heterocycles. The molecule has 9 heteroatoms. The van der Waals surface area contributed by atoms with Gasteiger partial charge in [-0.3, -0.25) is 9.59 Å². The van der Waals surface area contributed by atoms with Gasteiger partial charge in [-0.15, -0.1) is 0 Å². The van der Waals surface area contributed by atoms with E-state index in [1.807, 2.05) is 0 Å². The van der Waals surface area contributed by atoms with E-state index >= 15 is 0 Å².